The molecule has 0 amide bonds. The van der Waals surface area contributed by atoms with Gasteiger partial charge in [-0.1, -0.05) is 76.6 Å². The Kier molecular flexibility index (Phi) is 8.32. The highest BCUT2D eigenvalue weighted by atomic mass is 16.3. The highest BCUT2D eigenvalue weighted by Crippen LogP contribution is 2.42. The Hall–Kier alpha value is -0.820. The van der Waals surface area contributed by atoms with E-state index in [1.54, 1.807) is 0 Å². The van der Waals surface area contributed by atoms with Gasteiger partial charge in [0.2, 0.25) is 0 Å². The number of benzene rings is 1. The third kappa shape index (κ3) is 6.59. The van der Waals surface area contributed by atoms with Crippen LogP contribution >= 0.6 is 0 Å². The Balaban J connectivity index is 1.64. The van der Waals surface area contributed by atoms with Gasteiger partial charge in [0.25, 0.3) is 0 Å². The molecule has 1 nitrogen and oxygen atoms in total. The first kappa shape index (κ1) is 19.5. The molecular weight excluding hydrogens is 292 g/mol. The standard InChI is InChI=1S/C23H38O/c1-3-4-5-6-7-8-9-10-20-11-13-21(14-12-20)17-22-15-16-23(2,18-22)19-24/h11-14,22,24H,3-10,15-19H2,1-2H3. The maximum Gasteiger partial charge on any atom is 0.0484 e. The van der Waals surface area contributed by atoms with Crippen LogP contribution in [0.1, 0.15) is 89.2 Å². The second kappa shape index (κ2) is 10.2. The molecule has 1 aromatic carbocycles. The van der Waals surface area contributed by atoms with E-state index in [1.807, 2.05) is 0 Å². The molecule has 0 heterocycles. The van der Waals surface area contributed by atoms with Crippen molar-refractivity contribution in [2.75, 3.05) is 6.61 Å². The zero-order valence-electron chi connectivity index (χ0n) is 16.0. The van der Waals surface area contributed by atoms with E-state index in [-0.39, 0.29) is 5.41 Å². The van der Waals surface area contributed by atoms with Crippen LogP contribution in [-0.2, 0) is 12.8 Å². The fourth-order valence-corrected chi connectivity index (χ4v) is 4.23. The zero-order valence-corrected chi connectivity index (χ0v) is 16.0. The molecule has 1 aliphatic carbocycles. The van der Waals surface area contributed by atoms with Crippen LogP contribution in [0, 0.1) is 11.3 Å². The molecule has 0 bridgehead atoms. The van der Waals surface area contributed by atoms with E-state index in [2.05, 4.69) is 38.1 Å². The molecule has 1 N–H and O–H groups in total. The maximum absolute atomic E-state index is 9.51. The second-order valence-electron chi connectivity index (χ2n) is 8.47. The number of rotatable bonds is 11. The van der Waals surface area contributed by atoms with Crippen molar-refractivity contribution in [3.05, 3.63) is 35.4 Å². The Morgan fingerprint density at radius 3 is 2.21 bits per heavy atom. The molecule has 2 atom stereocenters. The van der Waals surface area contributed by atoms with Gasteiger partial charge in [-0.15, -0.1) is 0 Å². The quantitative estimate of drug-likeness (QED) is 0.471. The summed E-state index contributed by atoms with van der Waals surface area (Å²) in [5, 5.41) is 9.51. The molecule has 0 aromatic heterocycles. The lowest BCUT2D eigenvalue weighted by Crippen LogP contribution is -2.17. The fraction of sp³-hybridized carbons (Fsp3) is 0.739. The second-order valence-corrected chi connectivity index (χ2v) is 8.47. The summed E-state index contributed by atoms with van der Waals surface area (Å²) in [5.41, 5.74) is 3.16. The van der Waals surface area contributed by atoms with Crippen LogP contribution in [0.25, 0.3) is 0 Å². The minimum atomic E-state index is 0.182. The van der Waals surface area contributed by atoms with Gasteiger partial charge >= 0.3 is 0 Å². The van der Waals surface area contributed by atoms with Crippen molar-refractivity contribution < 1.29 is 5.11 Å². The van der Waals surface area contributed by atoms with Crippen molar-refractivity contribution in [2.45, 2.75) is 90.9 Å². The molecule has 0 radical (unpaired) electrons. The summed E-state index contributed by atoms with van der Waals surface area (Å²) in [4.78, 5) is 0. The van der Waals surface area contributed by atoms with E-state index in [4.69, 9.17) is 0 Å². The van der Waals surface area contributed by atoms with Gasteiger partial charge in [-0.05, 0) is 61.0 Å². The molecule has 0 aliphatic heterocycles. The smallest absolute Gasteiger partial charge is 0.0484 e. The largest absolute Gasteiger partial charge is 0.396 e. The number of aliphatic hydroxyl groups is 1. The first-order valence-corrected chi connectivity index (χ1v) is 10.3. The Morgan fingerprint density at radius 2 is 1.58 bits per heavy atom. The normalized spacial score (nSPS) is 23.7. The lowest BCUT2D eigenvalue weighted by molar-refractivity contribution is 0.144. The number of unbranched alkanes of at least 4 members (excludes halogenated alkanes) is 6. The van der Waals surface area contributed by atoms with Crippen LogP contribution in [0.15, 0.2) is 24.3 Å². The van der Waals surface area contributed by atoms with Crippen LogP contribution in [0.2, 0.25) is 0 Å². The van der Waals surface area contributed by atoms with Crippen LogP contribution in [0.3, 0.4) is 0 Å². The summed E-state index contributed by atoms with van der Waals surface area (Å²) in [6.45, 7) is 4.86. The van der Waals surface area contributed by atoms with E-state index < -0.39 is 0 Å². The van der Waals surface area contributed by atoms with E-state index >= 15 is 0 Å². The van der Waals surface area contributed by atoms with Crippen LogP contribution in [-0.4, -0.2) is 11.7 Å². The summed E-state index contributed by atoms with van der Waals surface area (Å²) in [6, 6.07) is 9.36. The van der Waals surface area contributed by atoms with Gasteiger partial charge < -0.3 is 5.11 Å². The Morgan fingerprint density at radius 1 is 0.958 bits per heavy atom. The molecule has 0 spiro atoms. The Bertz CT molecular complexity index is 450. The SMILES string of the molecule is CCCCCCCCCc1ccc(CC2CCC(C)(CO)C2)cc1. The predicted molar refractivity (Wildman–Crippen MR) is 104 cm³/mol. The Labute approximate surface area is 149 Å². The number of aliphatic hydroxyl groups excluding tert-OH is 1. The van der Waals surface area contributed by atoms with Crippen molar-refractivity contribution in [1.82, 2.24) is 0 Å². The lowest BCUT2D eigenvalue weighted by atomic mass is 9.87. The van der Waals surface area contributed by atoms with Gasteiger partial charge in [0.05, 0.1) is 0 Å². The average molecular weight is 331 g/mol. The van der Waals surface area contributed by atoms with Crippen LogP contribution in [0.4, 0.5) is 0 Å². The number of hydrogen-bond donors (Lipinski definition) is 1. The van der Waals surface area contributed by atoms with Crippen molar-refractivity contribution in [3.63, 3.8) is 0 Å². The van der Waals surface area contributed by atoms with Crippen molar-refractivity contribution in [1.29, 1.82) is 0 Å². The first-order valence-electron chi connectivity index (χ1n) is 10.3. The molecule has 1 heteroatoms. The zero-order chi connectivity index (χ0) is 17.3. The van der Waals surface area contributed by atoms with Gasteiger partial charge in [0, 0.05) is 6.61 Å². The molecule has 1 fully saturated rings. The summed E-state index contributed by atoms with van der Waals surface area (Å²) in [6.07, 6.45) is 15.8. The van der Waals surface area contributed by atoms with Gasteiger partial charge in [-0.2, -0.15) is 0 Å². The molecule has 1 aromatic rings. The number of aryl methyl sites for hydroxylation is 1. The van der Waals surface area contributed by atoms with E-state index in [0.29, 0.717) is 6.61 Å². The maximum atomic E-state index is 9.51. The van der Waals surface area contributed by atoms with E-state index in [1.165, 1.54) is 88.2 Å². The van der Waals surface area contributed by atoms with E-state index in [9.17, 15) is 5.11 Å². The molecular formula is C23H38O. The van der Waals surface area contributed by atoms with Gasteiger partial charge in [-0.3, -0.25) is 0 Å². The molecule has 24 heavy (non-hydrogen) atoms. The van der Waals surface area contributed by atoms with Crippen LogP contribution in [0.5, 0.6) is 0 Å². The van der Waals surface area contributed by atoms with Gasteiger partial charge in [-0.25, -0.2) is 0 Å². The molecule has 1 aliphatic rings. The topological polar surface area (TPSA) is 20.2 Å². The van der Waals surface area contributed by atoms with Crippen molar-refractivity contribution >= 4 is 0 Å². The monoisotopic (exact) mass is 330 g/mol. The molecule has 136 valence electrons. The van der Waals surface area contributed by atoms with Crippen LogP contribution < -0.4 is 0 Å². The van der Waals surface area contributed by atoms with Gasteiger partial charge in [0.1, 0.15) is 0 Å². The highest BCUT2D eigenvalue weighted by Gasteiger charge is 2.34. The third-order valence-electron chi connectivity index (χ3n) is 5.94. The highest BCUT2D eigenvalue weighted by molar-refractivity contribution is 5.23. The third-order valence-corrected chi connectivity index (χ3v) is 5.94. The molecule has 2 unspecified atom stereocenters. The average Bonchev–Trinajstić information content (AvgIpc) is 2.97. The van der Waals surface area contributed by atoms with Crippen molar-refractivity contribution in [3.8, 4) is 0 Å². The lowest BCUT2D eigenvalue weighted by Gasteiger charge is -2.20. The van der Waals surface area contributed by atoms with Crippen molar-refractivity contribution in [2.24, 2.45) is 11.3 Å². The van der Waals surface area contributed by atoms with Gasteiger partial charge in [0.15, 0.2) is 0 Å². The summed E-state index contributed by atoms with van der Waals surface area (Å²) < 4.78 is 0. The predicted octanol–water partition coefficient (Wildman–Crippen LogP) is 6.32. The fourth-order valence-electron chi connectivity index (χ4n) is 4.23. The molecule has 0 saturated heterocycles. The van der Waals surface area contributed by atoms with E-state index in [0.717, 1.165) is 5.92 Å². The summed E-state index contributed by atoms with van der Waals surface area (Å²) in [5.74, 6) is 0.760. The summed E-state index contributed by atoms with van der Waals surface area (Å²) in [7, 11) is 0. The minimum Gasteiger partial charge on any atom is -0.396 e. The first-order chi connectivity index (χ1) is 11.6. The minimum absolute atomic E-state index is 0.182. The number of hydrogen-bond acceptors (Lipinski definition) is 1. The molecule has 1 saturated carbocycles. The summed E-state index contributed by atoms with van der Waals surface area (Å²) >= 11 is 0. The molecule has 2 rings (SSSR count).